The summed E-state index contributed by atoms with van der Waals surface area (Å²) in [7, 11) is 0. The van der Waals surface area contributed by atoms with Gasteiger partial charge in [0.05, 0.1) is 22.4 Å². The quantitative estimate of drug-likeness (QED) is 0.165. The summed E-state index contributed by atoms with van der Waals surface area (Å²) in [6.07, 6.45) is 0. The normalized spacial score (nSPS) is 14.0. The summed E-state index contributed by atoms with van der Waals surface area (Å²) < 4.78 is 5.43. The van der Waals surface area contributed by atoms with E-state index in [0.29, 0.717) is 5.82 Å². The molecular weight excluding hydrogens is 908 g/mol. The third-order valence-corrected chi connectivity index (χ3v) is 16.7. The number of aromatic nitrogens is 4. The Kier molecular flexibility index (Phi) is 10.4. The fourth-order valence-corrected chi connectivity index (χ4v) is 12.8. The number of hydrogen-bond acceptors (Lipinski definition) is 2. The molecule has 75 heavy (non-hydrogen) atoms. The lowest BCUT2D eigenvalue weighted by molar-refractivity contribution is 0.572. The second-order valence-corrected chi connectivity index (χ2v) is 28.4. The minimum absolute atomic E-state index is 0.0313. The summed E-state index contributed by atoms with van der Waals surface area (Å²) in [4.78, 5) is 10.9. The molecule has 0 radical (unpaired) electrons. The summed E-state index contributed by atoms with van der Waals surface area (Å²) in [6, 6.07) is 48.6. The molecule has 0 unspecified atom stereocenters. The number of rotatable bonds is 3. The van der Waals surface area contributed by atoms with E-state index in [1.165, 1.54) is 105 Å². The third kappa shape index (κ3) is 7.52. The van der Waals surface area contributed by atoms with E-state index in [0.717, 1.165) is 28.1 Å². The molecule has 0 fully saturated rings. The van der Waals surface area contributed by atoms with Crippen LogP contribution in [-0.2, 0) is 32.5 Å². The van der Waals surface area contributed by atoms with Crippen LogP contribution in [0.5, 0.6) is 0 Å². The predicted octanol–water partition coefficient (Wildman–Crippen LogP) is 16.6. The molecule has 3 aromatic heterocycles. The van der Waals surface area contributed by atoms with Crippen molar-refractivity contribution in [1.29, 1.82) is 0 Å². The molecule has 2 aliphatic rings. The van der Waals surface area contributed by atoms with Crippen LogP contribution in [0.3, 0.4) is 0 Å². The number of benzene rings is 7. The molecular formula is C70H75BN4. The molecule has 12 rings (SSSR count). The Bertz CT molecular complexity index is 3770. The first-order chi connectivity index (χ1) is 35.0. The van der Waals surface area contributed by atoms with Crippen LogP contribution < -0.4 is 16.4 Å². The van der Waals surface area contributed by atoms with E-state index >= 15 is 0 Å². The van der Waals surface area contributed by atoms with Gasteiger partial charge in [-0.1, -0.05) is 222 Å². The van der Waals surface area contributed by atoms with Gasteiger partial charge >= 0.3 is 0 Å². The minimum atomic E-state index is -0.134. The summed E-state index contributed by atoms with van der Waals surface area (Å²) in [5, 5.41) is 5.52. The number of hydrogen-bond donors (Lipinski definition) is 0. The highest BCUT2D eigenvalue weighted by molar-refractivity contribution is 7.00. The Morgan fingerprint density at radius 2 is 0.733 bits per heavy atom. The van der Waals surface area contributed by atoms with Crippen LogP contribution in [-0.4, -0.2) is 25.8 Å². The molecule has 0 spiro atoms. The molecule has 0 amide bonds. The SMILES string of the molecule is CC(C)(C)c1cc(C(C)(C)C)c2c3c(C(C)(C)C)ccc4c3n(c2c1)-c1cc(-c2cc(-c3ccccc3)nc(-c3ccccc3)n2)cc2c1B4c1ccc(C(C)(C)C)c3c4c(C(C)(C)C)cc(C(C)(C)C)cc4n-2c13. The zero-order chi connectivity index (χ0) is 53.4. The lowest BCUT2D eigenvalue weighted by atomic mass is 9.34. The molecule has 0 saturated carbocycles. The summed E-state index contributed by atoms with van der Waals surface area (Å²) in [6.45, 7) is 43.1. The van der Waals surface area contributed by atoms with E-state index in [9.17, 15) is 0 Å². The van der Waals surface area contributed by atoms with E-state index in [2.05, 4.69) is 261 Å². The molecule has 4 nitrogen and oxygen atoms in total. The standard InChI is InChI=1S/C70H75BN4/c1-65(2,3)43-35-47(69(13,14)15)57-53(37-43)74-55-33-42(52-39-51(40-25-21-19-22-26-40)72-64(73-52)41-27-23-20-24-28-41)34-56-61(55)71(49-31-29-45(67(7,8)9)59(57)62(49)74)50-32-30-46(68(10,11)12)60-58-48(70(16,17)18)36-44(66(4,5)6)38-54(58)75(56)63(50)60/h19-39H,1-18H3. The Morgan fingerprint density at radius 1 is 0.347 bits per heavy atom. The lowest BCUT2D eigenvalue weighted by Crippen LogP contribution is -2.59. The molecule has 378 valence electrons. The highest BCUT2D eigenvalue weighted by atomic mass is 15.0. The van der Waals surface area contributed by atoms with Crippen LogP contribution in [0.25, 0.3) is 88.9 Å². The third-order valence-electron chi connectivity index (χ3n) is 16.7. The van der Waals surface area contributed by atoms with Crippen molar-refractivity contribution in [3.8, 4) is 45.3 Å². The molecule has 0 N–H and O–H groups in total. The molecule has 0 bridgehead atoms. The van der Waals surface area contributed by atoms with Gasteiger partial charge in [0.2, 0.25) is 0 Å². The number of fused-ring (bicyclic) bond motifs is 10. The van der Waals surface area contributed by atoms with E-state index in [-0.39, 0.29) is 39.2 Å². The maximum Gasteiger partial charge on any atom is 0.252 e. The predicted molar refractivity (Wildman–Crippen MR) is 324 cm³/mol. The van der Waals surface area contributed by atoms with Crippen molar-refractivity contribution in [2.45, 2.75) is 157 Å². The highest BCUT2D eigenvalue weighted by Crippen LogP contribution is 2.50. The Morgan fingerprint density at radius 3 is 1.12 bits per heavy atom. The maximum atomic E-state index is 5.60. The topological polar surface area (TPSA) is 35.6 Å². The van der Waals surface area contributed by atoms with Crippen LogP contribution >= 0.6 is 0 Å². The monoisotopic (exact) mass is 983 g/mol. The Hall–Kier alpha value is -6.72. The summed E-state index contributed by atoms with van der Waals surface area (Å²) >= 11 is 0. The van der Waals surface area contributed by atoms with Gasteiger partial charge in [-0.15, -0.1) is 0 Å². The lowest BCUT2D eigenvalue weighted by Gasteiger charge is -2.35. The first-order valence-corrected chi connectivity index (χ1v) is 27.5. The molecule has 5 heterocycles. The van der Waals surface area contributed by atoms with Crippen molar-refractivity contribution >= 4 is 66.7 Å². The fraction of sp³-hybridized carbons (Fsp3) is 0.343. The van der Waals surface area contributed by atoms with Gasteiger partial charge in [0, 0.05) is 60.6 Å². The summed E-state index contributed by atoms with van der Waals surface area (Å²) in [5.74, 6) is 0.716. The van der Waals surface area contributed by atoms with Crippen LogP contribution in [0.1, 0.15) is 158 Å². The summed E-state index contributed by atoms with van der Waals surface area (Å²) in [5.41, 5.74) is 24.3. The first kappa shape index (κ1) is 49.2. The molecule has 10 aromatic rings. The smallest absolute Gasteiger partial charge is 0.252 e. The molecule has 0 atom stereocenters. The van der Waals surface area contributed by atoms with E-state index in [1.807, 2.05) is 0 Å². The first-order valence-electron chi connectivity index (χ1n) is 27.5. The van der Waals surface area contributed by atoms with Gasteiger partial charge in [0.25, 0.3) is 6.71 Å². The Labute approximate surface area is 446 Å². The van der Waals surface area contributed by atoms with Crippen LogP contribution in [0.15, 0.2) is 127 Å². The average Bonchev–Trinajstić information content (AvgIpc) is 3.91. The van der Waals surface area contributed by atoms with Gasteiger partial charge in [0.1, 0.15) is 0 Å². The van der Waals surface area contributed by atoms with Crippen molar-refractivity contribution in [3.63, 3.8) is 0 Å². The van der Waals surface area contributed by atoms with Gasteiger partial charge in [-0.05, 0) is 113 Å². The van der Waals surface area contributed by atoms with Crippen molar-refractivity contribution in [2.75, 3.05) is 0 Å². The highest BCUT2D eigenvalue weighted by Gasteiger charge is 2.44. The van der Waals surface area contributed by atoms with Crippen molar-refractivity contribution in [1.82, 2.24) is 19.1 Å². The van der Waals surface area contributed by atoms with E-state index in [4.69, 9.17) is 9.97 Å². The van der Waals surface area contributed by atoms with Gasteiger partial charge in [-0.25, -0.2) is 9.97 Å². The second kappa shape index (κ2) is 15.9. The van der Waals surface area contributed by atoms with Crippen molar-refractivity contribution in [3.05, 3.63) is 161 Å². The Balaban J connectivity index is 1.35. The van der Waals surface area contributed by atoms with Crippen LogP contribution in [0.4, 0.5) is 0 Å². The van der Waals surface area contributed by atoms with Gasteiger partial charge in [-0.2, -0.15) is 0 Å². The van der Waals surface area contributed by atoms with Crippen molar-refractivity contribution < 1.29 is 0 Å². The average molecular weight is 983 g/mol. The van der Waals surface area contributed by atoms with E-state index in [1.54, 1.807) is 0 Å². The zero-order valence-electron chi connectivity index (χ0n) is 48.0. The van der Waals surface area contributed by atoms with Crippen LogP contribution in [0, 0.1) is 0 Å². The molecule has 2 aliphatic heterocycles. The van der Waals surface area contributed by atoms with Gasteiger partial charge in [0.15, 0.2) is 5.82 Å². The zero-order valence-corrected chi connectivity index (χ0v) is 48.0. The molecule has 5 heteroatoms. The maximum absolute atomic E-state index is 5.60. The van der Waals surface area contributed by atoms with Gasteiger partial charge in [-0.3, -0.25) is 0 Å². The molecule has 0 saturated heterocycles. The van der Waals surface area contributed by atoms with Crippen molar-refractivity contribution in [2.24, 2.45) is 0 Å². The van der Waals surface area contributed by atoms with Crippen LogP contribution in [0.2, 0.25) is 0 Å². The fourth-order valence-electron chi connectivity index (χ4n) is 12.8. The second-order valence-electron chi connectivity index (χ2n) is 28.4. The largest absolute Gasteiger partial charge is 0.310 e. The minimum Gasteiger partial charge on any atom is -0.310 e. The van der Waals surface area contributed by atoms with E-state index < -0.39 is 0 Å². The van der Waals surface area contributed by atoms with Gasteiger partial charge < -0.3 is 9.13 Å². The number of nitrogens with zero attached hydrogens (tertiary/aromatic N) is 4. The molecule has 7 aromatic carbocycles. The molecule has 0 aliphatic carbocycles.